The first-order valence-corrected chi connectivity index (χ1v) is 10.6. The maximum Gasteiger partial charge on any atom is 0.243 e. The second-order valence-corrected chi connectivity index (χ2v) is 8.50. The number of carbonyl (C=O) groups is 1. The lowest BCUT2D eigenvalue weighted by molar-refractivity contribution is -0.114. The van der Waals surface area contributed by atoms with Gasteiger partial charge in [-0.15, -0.1) is 0 Å². The lowest BCUT2D eigenvalue weighted by atomic mass is 10.3. The lowest BCUT2D eigenvalue weighted by Crippen LogP contribution is -2.22. The fraction of sp³-hybridized carbons (Fsp3) is 0.0952. The highest BCUT2D eigenvalue weighted by Gasteiger charge is 2.25. The first-order chi connectivity index (χ1) is 14.3. The van der Waals surface area contributed by atoms with Gasteiger partial charge in [-0.2, -0.15) is 0 Å². The van der Waals surface area contributed by atoms with Crippen molar-refractivity contribution < 1.29 is 22.3 Å². The summed E-state index contributed by atoms with van der Waals surface area (Å²) in [5.74, 6) is -0.336. The zero-order chi connectivity index (χ0) is 21.7. The Kier molecular flexibility index (Phi) is 6.59. The molecule has 9 heteroatoms. The van der Waals surface area contributed by atoms with Crippen LogP contribution in [0, 0.1) is 5.82 Å². The minimum absolute atomic E-state index is 0.0229. The number of hydrogen-bond donors (Lipinski definition) is 2. The molecule has 2 N–H and O–H groups in total. The highest BCUT2D eigenvalue weighted by Crippen LogP contribution is 2.34. The van der Waals surface area contributed by atoms with E-state index in [0.29, 0.717) is 11.4 Å². The van der Waals surface area contributed by atoms with Gasteiger partial charge in [-0.25, -0.2) is 12.8 Å². The average molecular weight is 449 g/mol. The summed E-state index contributed by atoms with van der Waals surface area (Å²) in [6.45, 7) is -0.219. The SMILES string of the molecule is COc1ccc(S(=O)(=O)c2c(Cl)cccc2NCC(=O)Nc2ccc(F)cc2)cc1. The number of sulfone groups is 1. The molecule has 3 rings (SSSR count). The van der Waals surface area contributed by atoms with E-state index in [1.165, 1.54) is 67.8 Å². The van der Waals surface area contributed by atoms with Crippen LogP contribution in [0.4, 0.5) is 15.8 Å². The second kappa shape index (κ2) is 9.15. The van der Waals surface area contributed by atoms with Crippen LogP contribution in [0.2, 0.25) is 5.02 Å². The van der Waals surface area contributed by atoms with Crippen molar-refractivity contribution in [2.45, 2.75) is 9.79 Å². The first kappa shape index (κ1) is 21.6. The van der Waals surface area contributed by atoms with Gasteiger partial charge in [0.1, 0.15) is 16.5 Å². The van der Waals surface area contributed by atoms with E-state index in [1.807, 2.05) is 0 Å². The molecule has 0 fully saturated rings. The molecule has 0 aliphatic rings. The van der Waals surface area contributed by atoms with E-state index in [-0.39, 0.29) is 27.0 Å². The Balaban J connectivity index is 1.82. The number of nitrogens with one attached hydrogen (secondary N) is 2. The van der Waals surface area contributed by atoms with Crippen molar-refractivity contribution in [2.75, 3.05) is 24.3 Å². The largest absolute Gasteiger partial charge is 0.497 e. The van der Waals surface area contributed by atoms with Gasteiger partial charge < -0.3 is 15.4 Å². The minimum atomic E-state index is -3.96. The Morgan fingerprint density at radius 3 is 2.33 bits per heavy atom. The molecule has 0 bridgehead atoms. The zero-order valence-corrected chi connectivity index (χ0v) is 17.4. The van der Waals surface area contributed by atoms with Crippen LogP contribution in [-0.2, 0) is 14.6 Å². The number of hydrogen-bond acceptors (Lipinski definition) is 5. The summed E-state index contributed by atoms with van der Waals surface area (Å²) < 4.78 is 44.3. The third-order valence-electron chi connectivity index (χ3n) is 4.17. The molecule has 30 heavy (non-hydrogen) atoms. The fourth-order valence-corrected chi connectivity index (χ4v) is 4.67. The Morgan fingerprint density at radius 1 is 1.03 bits per heavy atom. The number of rotatable bonds is 7. The zero-order valence-electron chi connectivity index (χ0n) is 15.9. The van der Waals surface area contributed by atoms with Gasteiger partial charge in [0.05, 0.1) is 29.3 Å². The highest BCUT2D eigenvalue weighted by molar-refractivity contribution is 7.91. The molecule has 0 saturated carbocycles. The van der Waals surface area contributed by atoms with Gasteiger partial charge in [0.2, 0.25) is 15.7 Å². The molecule has 0 unspecified atom stereocenters. The molecule has 1 amide bonds. The summed E-state index contributed by atoms with van der Waals surface area (Å²) >= 11 is 6.20. The molecule has 0 aliphatic carbocycles. The molecule has 0 heterocycles. The summed E-state index contributed by atoms with van der Waals surface area (Å²) in [5.41, 5.74) is 0.605. The van der Waals surface area contributed by atoms with Crippen molar-refractivity contribution >= 4 is 38.7 Å². The van der Waals surface area contributed by atoms with Crippen molar-refractivity contribution in [1.29, 1.82) is 0 Å². The molecule has 3 aromatic carbocycles. The molecule has 0 saturated heterocycles. The molecule has 156 valence electrons. The van der Waals surface area contributed by atoms with Crippen molar-refractivity contribution in [1.82, 2.24) is 0 Å². The topological polar surface area (TPSA) is 84.5 Å². The molecular weight excluding hydrogens is 431 g/mol. The van der Waals surface area contributed by atoms with Gasteiger partial charge in [-0.3, -0.25) is 4.79 Å². The Labute approximate surface area is 178 Å². The predicted molar refractivity (Wildman–Crippen MR) is 113 cm³/mol. The van der Waals surface area contributed by atoms with Crippen LogP contribution in [0.3, 0.4) is 0 Å². The van der Waals surface area contributed by atoms with E-state index in [0.717, 1.165) is 0 Å². The standard InChI is InChI=1S/C21H18ClFN2O4S/c1-29-16-9-11-17(12-10-16)30(27,28)21-18(22)3-2-4-19(21)24-13-20(26)25-15-7-5-14(23)6-8-15/h2-12,24H,13H2,1H3,(H,25,26). The van der Waals surface area contributed by atoms with Crippen LogP contribution < -0.4 is 15.4 Å². The Bertz CT molecular complexity index is 1150. The molecule has 6 nitrogen and oxygen atoms in total. The smallest absolute Gasteiger partial charge is 0.243 e. The van der Waals surface area contributed by atoms with Gasteiger partial charge >= 0.3 is 0 Å². The number of benzene rings is 3. The third kappa shape index (κ3) is 4.90. The van der Waals surface area contributed by atoms with E-state index >= 15 is 0 Å². The van der Waals surface area contributed by atoms with E-state index in [1.54, 1.807) is 6.07 Å². The summed E-state index contributed by atoms with van der Waals surface area (Å²) in [5, 5.41) is 5.42. The molecule has 0 aromatic heterocycles. The molecule has 0 atom stereocenters. The van der Waals surface area contributed by atoms with Crippen molar-refractivity contribution in [3.8, 4) is 5.75 Å². The Morgan fingerprint density at radius 2 is 1.70 bits per heavy atom. The maximum atomic E-state index is 13.1. The Hall–Kier alpha value is -3.10. The predicted octanol–water partition coefficient (Wildman–Crippen LogP) is 4.37. The summed E-state index contributed by atoms with van der Waals surface area (Å²) in [6.07, 6.45) is 0. The molecule has 0 aliphatic heterocycles. The number of anilines is 2. The maximum absolute atomic E-state index is 13.1. The van der Waals surface area contributed by atoms with Crippen molar-refractivity contribution in [3.05, 3.63) is 77.6 Å². The van der Waals surface area contributed by atoms with Crippen LogP contribution in [0.15, 0.2) is 76.5 Å². The van der Waals surface area contributed by atoms with Gasteiger partial charge in [0, 0.05) is 5.69 Å². The summed E-state index contributed by atoms with van der Waals surface area (Å²) in [6, 6.07) is 15.8. The normalized spacial score (nSPS) is 11.0. The van der Waals surface area contributed by atoms with Crippen LogP contribution in [0.1, 0.15) is 0 Å². The quantitative estimate of drug-likeness (QED) is 0.560. The minimum Gasteiger partial charge on any atom is -0.497 e. The lowest BCUT2D eigenvalue weighted by Gasteiger charge is -2.14. The molecular formula is C21H18ClFN2O4S. The van der Waals surface area contributed by atoms with Crippen molar-refractivity contribution in [2.24, 2.45) is 0 Å². The molecule has 3 aromatic rings. The monoisotopic (exact) mass is 448 g/mol. The second-order valence-electron chi connectivity index (χ2n) is 6.20. The average Bonchev–Trinajstić information content (AvgIpc) is 2.73. The number of halogens is 2. The van der Waals surface area contributed by atoms with Crippen molar-refractivity contribution in [3.63, 3.8) is 0 Å². The third-order valence-corrected chi connectivity index (χ3v) is 6.47. The van der Waals surface area contributed by atoms with Crippen LogP contribution >= 0.6 is 11.6 Å². The van der Waals surface area contributed by atoms with E-state index in [2.05, 4.69) is 10.6 Å². The summed E-state index contributed by atoms with van der Waals surface area (Å²) in [7, 11) is -2.48. The van der Waals surface area contributed by atoms with Gasteiger partial charge in [-0.05, 0) is 60.7 Å². The summed E-state index contributed by atoms with van der Waals surface area (Å²) in [4.78, 5) is 12.1. The molecule has 0 radical (unpaired) electrons. The first-order valence-electron chi connectivity index (χ1n) is 8.78. The van der Waals surface area contributed by atoms with Crippen LogP contribution in [0.25, 0.3) is 0 Å². The van der Waals surface area contributed by atoms with Crippen LogP contribution in [0.5, 0.6) is 5.75 Å². The van der Waals surface area contributed by atoms with E-state index in [4.69, 9.17) is 16.3 Å². The number of carbonyl (C=O) groups excluding carboxylic acids is 1. The van der Waals surface area contributed by atoms with Gasteiger partial charge in [0.25, 0.3) is 0 Å². The number of ether oxygens (including phenoxy) is 1. The van der Waals surface area contributed by atoms with E-state index < -0.39 is 21.6 Å². The fourth-order valence-electron chi connectivity index (χ4n) is 2.71. The highest BCUT2D eigenvalue weighted by atomic mass is 35.5. The van der Waals surface area contributed by atoms with E-state index in [9.17, 15) is 17.6 Å². The molecule has 0 spiro atoms. The van der Waals surface area contributed by atoms with Gasteiger partial charge in [0.15, 0.2) is 0 Å². The number of methoxy groups -OCH3 is 1. The number of amides is 1. The van der Waals surface area contributed by atoms with Gasteiger partial charge in [-0.1, -0.05) is 17.7 Å². The van der Waals surface area contributed by atoms with Crippen LogP contribution in [-0.4, -0.2) is 28.0 Å².